The van der Waals surface area contributed by atoms with Crippen LogP contribution in [0.5, 0.6) is 0 Å². The quantitative estimate of drug-likeness (QED) is 0.656. The molecule has 1 aromatic rings. The van der Waals surface area contributed by atoms with E-state index in [0.717, 1.165) is 5.06 Å². The van der Waals surface area contributed by atoms with Gasteiger partial charge < -0.3 is 10.2 Å². The van der Waals surface area contributed by atoms with Gasteiger partial charge in [0.25, 0.3) is 5.91 Å². The molecule has 0 aliphatic carbocycles. The van der Waals surface area contributed by atoms with Crippen molar-refractivity contribution >= 4 is 17.6 Å². The van der Waals surface area contributed by atoms with Gasteiger partial charge in [0.2, 0.25) is 0 Å². The fourth-order valence-corrected chi connectivity index (χ4v) is 2.37. The van der Waals surface area contributed by atoms with Crippen LogP contribution in [-0.2, 0) is 4.84 Å². The lowest BCUT2D eigenvalue weighted by atomic mass is 10.2. The summed E-state index contributed by atoms with van der Waals surface area (Å²) in [5.74, 6) is -0.260. The standard InChI is InChI=1S/C16H21N5O3/c1-19(24-2)15(22)13-3-5-14(6-4-13)18-16(23)21-11-9-20(8-7-17)10-12-21/h3-6H,8-12H2,1-2H3,(H,18,23). The zero-order valence-corrected chi connectivity index (χ0v) is 13.9. The number of nitriles is 1. The van der Waals surface area contributed by atoms with E-state index in [1.807, 2.05) is 4.90 Å². The Kier molecular flexibility index (Phi) is 6.12. The van der Waals surface area contributed by atoms with Crippen molar-refractivity contribution in [2.45, 2.75) is 0 Å². The van der Waals surface area contributed by atoms with Gasteiger partial charge in [-0.25, -0.2) is 9.86 Å². The Hall–Kier alpha value is -2.63. The number of amides is 3. The molecule has 128 valence electrons. The maximum Gasteiger partial charge on any atom is 0.321 e. The van der Waals surface area contributed by atoms with E-state index >= 15 is 0 Å². The number of hydrogen-bond acceptors (Lipinski definition) is 5. The maximum atomic E-state index is 12.2. The number of benzene rings is 1. The Labute approximate surface area is 141 Å². The second-order valence-corrected chi connectivity index (χ2v) is 5.41. The van der Waals surface area contributed by atoms with Gasteiger partial charge in [0.15, 0.2) is 0 Å². The molecular weight excluding hydrogens is 310 g/mol. The molecule has 24 heavy (non-hydrogen) atoms. The van der Waals surface area contributed by atoms with E-state index in [4.69, 9.17) is 10.1 Å². The fourth-order valence-electron chi connectivity index (χ4n) is 2.37. The number of carbonyl (C=O) groups excluding carboxylic acids is 2. The van der Waals surface area contributed by atoms with Crippen LogP contribution < -0.4 is 5.32 Å². The average Bonchev–Trinajstić information content (AvgIpc) is 2.62. The third-order valence-corrected chi connectivity index (χ3v) is 3.90. The molecule has 0 radical (unpaired) electrons. The van der Waals surface area contributed by atoms with Crippen LogP contribution in [0, 0.1) is 11.3 Å². The van der Waals surface area contributed by atoms with Crippen molar-refractivity contribution in [3.63, 3.8) is 0 Å². The van der Waals surface area contributed by atoms with Gasteiger partial charge in [0.05, 0.1) is 19.7 Å². The van der Waals surface area contributed by atoms with Gasteiger partial charge in [-0.05, 0) is 24.3 Å². The highest BCUT2D eigenvalue weighted by atomic mass is 16.7. The van der Waals surface area contributed by atoms with Crippen molar-refractivity contribution < 1.29 is 14.4 Å². The zero-order valence-electron chi connectivity index (χ0n) is 13.9. The van der Waals surface area contributed by atoms with Crippen LogP contribution in [-0.4, -0.2) is 73.7 Å². The first kappa shape index (κ1) is 17.7. The summed E-state index contributed by atoms with van der Waals surface area (Å²) in [6.07, 6.45) is 0. The van der Waals surface area contributed by atoms with E-state index in [1.165, 1.54) is 14.2 Å². The summed E-state index contributed by atoms with van der Waals surface area (Å²) in [5.41, 5.74) is 1.10. The number of urea groups is 1. The van der Waals surface area contributed by atoms with E-state index in [9.17, 15) is 9.59 Å². The second kappa shape index (κ2) is 8.29. The number of anilines is 1. The number of rotatable bonds is 4. The predicted molar refractivity (Wildman–Crippen MR) is 88.2 cm³/mol. The van der Waals surface area contributed by atoms with Crippen molar-refractivity contribution in [3.05, 3.63) is 29.8 Å². The number of piperazine rings is 1. The molecule has 8 nitrogen and oxygen atoms in total. The molecule has 1 aromatic carbocycles. The normalized spacial score (nSPS) is 14.8. The van der Waals surface area contributed by atoms with Gasteiger partial charge in [0, 0.05) is 44.5 Å². The summed E-state index contributed by atoms with van der Waals surface area (Å²) >= 11 is 0. The zero-order chi connectivity index (χ0) is 17.5. The lowest BCUT2D eigenvalue weighted by molar-refractivity contribution is -0.0756. The van der Waals surface area contributed by atoms with Crippen LogP contribution in [0.15, 0.2) is 24.3 Å². The van der Waals surface area contributed by atoms with Gasteiger partial charge in [0.1, 0.15) is 0 Å². The van der Waals surface area contributed by atoms with Crippen molar-refractivity contribution in [2.24, 2.45) is 0 Å². The monoisotopic (exact) mass is 331 g/mol. The molecule has 0 unspecified atom stereocenters. The third-order valence-electron chi connectivity index (χ3n) is 3.90. The van der Waals surface area contributed by atoms with Crippen LogP contribution in [0.4, 0.5) is 10.5 Å². The van der Waals surface area contributed by atoms with E-state index in [1.54, 1.807) is 29.2 Å². The van der Waals surface area contributed by atoms with Crippen molar-refractivity contribution in [3.8, 4) is 6.07 Å². The molecule has 0 atom stereocenters. The van der Waals surface area contributed by atoms with Crippen LogP contribution >= 0.6 is 0 Å². The lowest BCUT2D eigenvalue weighted by Crippen LogP contribution is -2.50. The minimum absolute atomic E-state index is 0.181. The number of hydroxylamine groups is 2. The summed E-state index contributed by atoms with van der Waals surface area (Å²) in [7, 11) is 2.95. The highest BCUT2D eigenvalue weighted by Gasteiger charge is 2.21. The third kappa shape index (κ3) is 4.44. The second-order valence-electron chi connectivity index (χ2n) is 5.41. The molecule has 1 fully saturated rings. The van der Waals surface area contributed by atoms with Crippen molar-refractivity contribution in [2.75, 3.05) is 52.2 Å². The molecule has 1 heterocycles. The Morgan fingerprint density at radius 1 is 1.25 bits per heavy atom. The maximum absolute atomic E-state index is 12.2. The van der Waals surface area contributed by atoms with Crippen LogP contribution in [0.25, 0.3) is 0 Å². The summed E-state index contributed by atoms with van der Waals surface area (Å²) in [6.45, 7) is 2.95. The van der Waals surface area contributed by atoms with E-state index in [0.29, 0.717) is 44.0 Å². The van der Waals surface area contributed by atoms with Crippen molar-refractivity contribution in [1.29, 1.82) is 5.26 Å². The molecule has 0 bridgehead atoms. The number of carbonyl (C=O) groups is 2. The van der Waals surface area contributed by atoms with E-state index in [-0.39, 0.29) is 11.9 Å². The van der Waals surface area contributed by atoms with Crippen LogP contribution in [0.3, 0.4) is 0 Å². The van der Waals surface area contributed by atoms with E-state index in [2.05, 4.69) is 11.4 Å². The first-order valence-electron chi connectivity index (χ1n) is 7.62. The molecule has 0 spiro atoms. The van der Waals surface area contributed by atoms with Gasteiger partial charge in [-0.15, -0.1) is 0 Å². The first-order valence-corrected chi connectivity index (χ1v) is 7.62. The van der Waals surface area contributed by atoms with Crippen LogP contribution in [0.2, 0.25) is 0 Å². The summed E-state index contributed by atoms with van der Waals surface area (Å²) in [6, 6.07) is 8.57. The Bertz CT molecular complexity index is 618. The summed E-state index contributed by atoms with van der Waals surface area (Å²) in [5, 5.41) is 12.6. The molecule has 1 saturated heterocycles. The average molecular weight is 331 g/mol. The molecule has 1 N–H and O–H groups in total. The minimum Gasteiger partial charge on any atom is -0.322 e. The van der Waals surface area contributed by atoms with Gasteiger partial charge >= 0.3 is 6.03 Å². The van der Waals surface area contributed by atoms with Gasteiger partial charge in [-0.3, -0.25) is 14.5 Å². The highest BCUT2D eigenvalue weighted by Crippen LogP contribution is 2.13. The SMILES string of the molecule is CON(C)C(=O)c1ccc(NC(=O)N2CCN(CC#N)CC2)cc1. The van der Waals surface area contributed by atoms with E-state index < -0.39 is 0 Å². The Morgan fingerprint density at radius 3 is 2.42 bits per heavy atom. The molecule has 1 aliphatic heterocycles. The molecule has 3 amide bonds. The van der Waals surface area contributed by atoms with Crippen molar-refractivity contribution in [1.82, 2.24) is 14.9 Å². The molecule has 0 saturated carbocycles. The summed E-state index contributed by atoms with van der Waals surface area (Å²) in [4.78, 5) is 32.7. The molecular formula is C16H21N5O3. The molecule has 0 aromatic heterocycles. The molecule has 1 aliphatic rings. The number of hydrogen-bond donors (Lipinski definition) is 1. The topological polar surface area (TPSA) is 88.9 Å². The minimum atomic E-state index is -0.260. The molecule has 2 rings (SSSR count). The Morgan fingerprint density at radius 2 is 1.88 bits per heavy atom. The predicted octanol–water partition coefficient (Wildman–Crippen LogP) is 0.993. The van der Waals surface area contributed by atoms with Crippen LogP contribution in [0.1, 0.15) is 10.4 Å². The fraction of sp³-hybridized carbons (Fsp3) is 0.438. The molecule has 8 heteroatoms. The number of nitrogens with one attached hydrogen (secondary N) is 1. The summed E-state index contributed by atoms with van der Waals surface area (Å²) < 4.78 is 0. The first-order chi connectivity index (χ1) is 11.5. The smallest absolute Gasteiger partial charge is 0.321 e. The highest BCUT2D eigenvalue weighted by molar-refractivity contribution is 5.94. The lowest BCUT2D eigenvalue weighted by Gasteiger charge is -2.33. The largest absolute Gasteiger partial charge is 0.322 e. The van der Waals surface area contributed by atoms with Gasteiger partial charge in [-0.1, -0.05) is 0 Å². The number of nitrogens with zero attached hydrogens (tertiary/aromatic N) is 4. The Balaban J connectivity index is 1.89. The van der Waals surface area contributed by atoms with Gasteiger partial charge in [-0.2, -0.15) is 5.26 Å².